The first-order chi connectivity index (χ1) is 8.20. The number of rotatable bonds is 4. The molecule has 92 valence electrons. The van der Waals surface area contributed by atoms with E-state index in [1.165, 1.54) is 17.0 Å². The quantitative estimate of drug-likeness (QED) is 0.870. The first-order valence-electron chi connectivity index (χ1n) is 5.52. The summed E-state index contributed by atoms with van der Waals surface area (Å²) in [5.74, 6) is -0.340. The lowest BCUT2D eigenvalue weighted by atomic mass is 10.1. The van der Waals surface area contributed by atoms with Crippen LogP contribution >= 0.6 is 0 Å². The summed E-state index contributed by atoms with van der Waals surface area (Å²) in [6, 6.07) is 6.04. The van der Waals surface area contributed by atoms with Crippen molar-refractivity contribution in [2.24, 2.45) is 0 Å². The summed E-state index contributed by atoms with van der Waals surface area (Å²) in [7, 11) is 0. The number of nitrogens with zero attached hydrogens (tertiary/aromatic N) is 1. The third kappa shape index (κ3) is 2.74. The zero-order valence-corrected chi connectivity index (χ0v) is 9.30. The van der Waals surface area contributed by atoms with Gasteiger partial charge in [-0.15, -0.1) is 0 Å². The highest BCUT2D eigenvalue weighted by Gasteiger charge is 2.31. The highest BCUT2D eigenvalue weighted by Crippen LogP contribution is 2.26. The molecule has 1 unspecified atom stereocenters. The Labute approximate surface area is 98.6 Å². The van der Waals surface area contributed by atoms with Crippen LogP contribution in [0.25, 0.3) is 0 Å². The van der Waals surface area contributed by atoms with Gasteiger partial charge in [-0.25, -0.2) is 9.18 Å². The van der Waals surface area contributed by atoms with E-state index in [4.69, 9.17) is 9.84 Å². The molecule has 1 aromatic rings. The van der Waals surface area contributed by atoms with Crippen LogP contribution in [-0.4, -0.2) is 35.8 Å². The normalized spacial score (nSPS) is 19.5. The van der Waals surface area contributed by atoms with Gasteiger partial charge in [0, 0.05) is 13.2 Å². The molecule has 0 saturated carbocycles. The first-order valence-corrected chi connectivity index (χ1v) is 5.52. The minimum absolute atomic E-state index is 0.0361. The predicted octanol–water partition coefficient (Wildman–Crippen LogP) is 1.70. The molecule has 1 aliphatic rings. The van der Waals surface area contributed by atoms with Crippen molar-refractivity contribution >= 4 is 6.09 Å². The summed E-state index contributed by atoms with van der Waals surface area (Å²) in [6.45, 7) is 0.901. The fourth-order valence-electron chi connectivity index (χ4n) is 1.83. The van der Waals surface area contributed by atoms with Crippen molar-refractivity contribution in [1.82, 2.24) is 4.90 Å². The van der Waals surface area contributed by atoms with Gasteiger partial charge in [-0.2, -0.15) is 0 Å². The van der Waals surface area contributed by atoms with E-state index in [-0.39, 0.29) is 12.4 Å². The summed E-state index contributed by atoms with van der Waals surface area (Å²) in [5, 5.41) is 8.70. The fraction of sp³-hybridized carbons (Fsp3) is 0.417. The number of ether oxygens (including phenoxy) is 1. The van der Waals surface area contributed by atoms with Crippen molar-refractivity contribution in [2.75, 3.05) is 19.7 Å². The molecular weight excluding hydrogens is 225 g/mol. The number of halogens is 1. The minimum atomic E-state index is -0.420. The number of aliphatic hydroxyl groups is 1. The molecule has 4 nitrogen and oxygen atoms in total. The average Bonchev–Trinajstić information content (AvgIpc) is 2.68. The molecule has 17 heavy (non-hydrogen) atoms. The van der Waals surface area contributed by atoms with Gasteiger partial charge >= 0.3 is 6.09 Å². The van der Waals surface area contributed by atoms with Gasteiger partial charge in [0.05, 0.1) is 6.54 Å². The van der Waals surface area contributed by atoms with E-state index in [1.807, 2.05) is 0 Å². The second-order valence-electron chi connectivity index (χ2n) is 3.95. The van der Waals surface area contributed by atoms with E-state index in [0.29, 0.717) is 25.1 Å². The number of hydrogen-bond donors (Lipinski definition) is 1. The number of amides is 1. The molecule has 1 amide bonds. The van der Waals surface area contributed by atoms with Crippen molar-refractivity contribution in [3.63, 3.8) is 0 Å². The Morgan fingerprint density at radius 3 is 3.06 bits per heavy atom. The van der Waals surface area contributed by atoms with Gasteiger partial charge in [0.25, 0.3) is 0 Å². The van der Waals surface area contributed by atoms with Gasteiger partial charge in [-0.1, -0.05) is 12.1 Å². The number of carbonyl (C=O) groups is 1. The molecule has 1 fully saturated rings. The lowest BCUT2D eigenvalue weighted by Gasteiger charge is -2.11. The molecule has 1 atom stereocenters. The monoisotopic (exact) mass is 239 g/mol. The summed E-state index contributed by atoms with van der Waals surface area (Å²) in [6.07, 6.45) is -0.310. The van der Waals surface area contributed by atoms with Gasteiger partial charge < -0.3 is 14.7 Å². The molecule has 0 aromatic heterocycles. The van der Waals surface area contributed by atoms with Crippen LogP contribution in [0.2, 0.25) is 0 Å². The van der Waals surface area contributed by atoms with Gasteiger partial charge in [0.15, 0.2) is 0 Å². The Balaban J connectivity index is 2.03. The highest BCUT2D eigenvalue weighted by atomic mass is 19.1. The summed E-state index contributed by atoms with van der Waals surface area (Å²) in [4.78, 5) is 13.0. The molecule has 1 aromatic carbocycles. The topological polar surface area (TPSA) is 49.8 Å². The zero-order chi connectivity index (χ0) is 12.3. The lowest BCUT2D eigenvalue weighted by molar-refractivity contribution is 0.132. The standard InChI is InChI=1S/C12H14FNO3/c13-10-4-1-3-9(7-10)11-8-14(5-2-6-15)12(16)17-11/h1,3-4,7,11,15H,2,5-6,8H2. The van der Waals surface area contributed by atoms with Gasteiger partial charge in [-0.05, 0) is 24.1 Å². The number of benzene rings is 1. The number of aliphatic hydroxyl groups excluding tert-OH is 1. The molecule has 1 N–H and O–H groups in total. The average molecular weight is 239 g/mol. The van der Waals surface area contributed by atoms with E-state index in [1.54, 1.807) is 12.1 Å². The maximum atomic E-state index is 13.0. The minimum Gasteiger partial charge on any atom is -0.439 e. The molecule has 0 spiro atoms. The smallest absolute Gasteiger partial charge is 0.410 e. The van der Waals surface area contributed by atoms with E-state index in [2.05, 4.69) is 0 Å². The maximum Gasteiger partial charge on any atom is 0.410 e. The van der Waals surface area contributed by atoms with Crippen molar-refractivity contribution < 1.29 is 19.0 Å². The van der Waals surface area contributed by atoms with Gasteiger partial charge in [-0.3, -0.25) is 0 Å². The molecule has 0 radical (unpaired) electrons. The van der Waals surface area contributed by atoms with E-state index in [9.17, 15) is 9.18 Å². The Morgan fingerprint density at radius 2 is 2.35 bits per heavy atom. The van der Waals surface area contributed by atoms with E-state index < -0.39 is 12.2 Å². The largest absolute Gasteiger partial charge is 0.439 e. The third-order valence-electron chi connectivity index (χ3n) is 2.69. The Morgan fingerprint density at radius 1 is 1.53 bits per heavy atom. The molecule has 1 aliphatic heterocycles. The molecule has 1 heterocycles. The SMILES string of the molecule is O=C1OC(c2cccc(F)c2)CN1CCCO. The molecule has 0 bridgehead atoms. The Kier molecular flexibility index (Phi) is 3.58. The number of cyclic esters (lactones) is 1. The van der Waals surface area contributed by atoms with Crippen LogP contribution in [0.4, 0.5) is 9.18 Å². The molecule has 0 aliphatic carbocycles. The number of carbonyl (C=O) groups excluding carboxylic acids is 1. The first kappa shape index (κ1) is 11.9. The molecule has 1 saturated heterocycles. The van der Waals surface area contributed by atoms with Crippen LogP contribution in [0.3, 0.4) is 0 Å². The summed E-state index contributed by atoms with van der Waals surface area (Å²) < 4.78 is 18.2. The van der Waals surface area contributed by atoms with Crippen molar-refractivity contribution in [3.8, 4) is 0 Å². The second-order valence-corrected chi connectivity index (χ2v) is 3.95. The number of hydrogen-bond acceptors (Lipinski definition) is 3. The van der Waals surface area contributed by atoms with Crippen LogP contribution in [0.15, 0.2) is 24.3 Å². The van der Waals surface area contributed by atoms with E-state index in [0.717, 1.165) is 0 Å². The second kappa shape index (κ2) is 5.14. The zero-order valence-electron chi connectivity index (χ0n) is 9.30. The molecule has 5 heteroatoms. The summed E-state index contributed by atoms with van der Waals surface area (Å²) in [5.41, 5.74) is 0.657. The lowest BCUT2D eigenvalue weighted by Crippen LogP contribution is -2.26. The van der Waals surface area contributed by atoms with Crippen LogP contribution in [0, 0.1) is 5.82 Å². The van der Waals surface area contributed by atoms with Crippen molar-refractivity contribution in [2.45, 2.75) is 12.5 Å². The van der Waals surface area contributed by atoms with Crippen LogP contribution < -0.4 is 0 Å². The summed E-state index contributed by atoms with van der Waals surface area (Å²) >= 11 is 0. The van der Waals surface area contributed by atoms with Crippen LogP contribution in [-0.2, 0) is 4.74 Å². The van der Waals surface area contributed by atoms with Crippen molar-refractivity contribution in [3.05, 3.63) is 35.6 Å². The Hall–Kier alpha value is -1.62. The van der Waals surface area contributed by atoms with Crippen molar-refractivity contribution in [1.29, 1.82) is 0 Å². The van der Waals surface area contributed by atoms with E-state index >= 15 is 0 Å². The fourth-order valence-corrected chi connectivity index (χ4v) is 1.83. The highest BCUT2D eigenvalue weighted by molar-refractivity contribution is 5.70. The molecule has 2 rings (SSSR count). The predicted molar refractivity (Wildman–Crippen MR) is 58.9 cm³/mol. The third-order valence-corrected chi connectivity index (χ3v) is 2.69. The van der Waals surface area contributed by atoms with Gasteiger partial charge in [0.1, 0.15) is 11.9 Å². The van der Waals surface area contributed by atoms with Crippen LogP contribution in [0.5, 0.6) is 0 Å². The Bertz CT molecular complexity index is 410. The van der Waals surface area contributed by atoms with Gasteiger partial charge in [0.2, 0.25) is 0 Å². The molecular formula is C12H14FNO3. The maximum absolute atomic E-state index is 13.0. The van der Waals surface area contributed by atoms with Crippen LogP contribution in [0.1, 0.15) is 18.1 Å².